The molecule has 5 rings (SSSR count). The number of pyridine rings is 1. The molecule has 0 bridgehead atoms. The van der Waals surface area contributed by atoms with Crippen LogP contribution in [0.4, 0.5) is 22.4 Å². The molecule has 2 aliphatic rings. The minimum absolute atomic E-state index is 0.181. The molecular formula is C24H29N9O4S. The molecular weight excluding hydrogens is 510 g/mol. The van der Waals surface area contributed by atoms with E-state index < -0.39 is 11.7 Å². The summed E-state index contributed by atoms with van der Waals surface area (Å²) < 4.78 is 11.7. The summed E-state index contributed by atoms with van der Waals surface area (Å²) in [6.07, 6.45) is 5.30. The van der Waals surface area contributed by atoms with Gasteiger partial charge in [-0.2, -0.15) is 0 Å². The summed E-state index contributed by atoms with van der Waals surface area (Å²) in [5.41, 5.74) is 6.08. The summed E-state index contributed by atoms with van der Waals surface area (Å²) in [5, 5.41) is 12.4. The molecule has 0 radical (unpaired) electrons. The fraction of sp³-hybridized carbons (Fsp3) is 0.375. The molecule has 1 fully saturated rings. The third-order valence-corrected chi connectivity index (χ3v) is 6.55. The molecule has 38 heavy (non-hydrogen) atoms. The smallest absolute Gasteiger partial charge is 0.408 e. The van der Waals surface area contributed by atoms with Crippen molar-refractivity contribution >= 4 is 51.1 Å². The standard InChI is InChI=1S/C24H29N9O4S/c1-24(2,3)37-23(35)28-16-12-36-10-7-15(16)27-22-25-11-17-20(31-22)14(13-38-17)21(34)30-18-5-4-6-19(29-18)33-9-8-26-32-33/h4-6,8-9,11,13,15-16,26,32H,7,10,12H2,1-3H3,(H,28,35)(H,25,27,31)(H,29,30,34)/t15-,16+/m1/s1. The van der Waals surface area contributed by atoms with Crippen molar-refractivity contribution in [2.24, 2.45) is 0 Å². The van der Waals surface area contributed by atoms with Gasteiger partial charge in [-0.3, -0.25) is 4.79 Å². The van der Waals surface area contributed by atoms with Crippen molar-refractivity contribution in [2.45, 2.75) is 44.9 Å². The zero-order valence-electron chi connectivity index (χ0n) is 21.1. The maximum absolute atomic E-state index is 13.2. The maximum atomic E-state index is 13.2. The Bertz CT molecular complexity index is 1360. The number of thiophene rings is 1. The molecule has 0 aliphatic carbocycles. The van der Waals surface area contributed by atoms with Gasteiger partial charge in [-0.1, -0.05) is 6.07 Å². The SMILES string of the molecule is CC(C)(C)OC(=O)N[C@H]1COCC[C@H]1Nc1ncc2scc(C(=O)Nc3cccc(N4C=CNN4)n3)c2n1. The summed E-state index contributed by atoms with van der Waals surface area (Å²) in [4.78, 5) is 39.0. The first-order valence-electron chi connectivity index (χ1n) is 12.1. The quantitative estimate of drug-likeness (QED) is 0.314. The molecule has 13 nitrogen and oxygen atoms in total. The van der Waals surface area contributed by atoms with Crippen LogP contribution in [-0.2, 0) is 9.47 Å². The zero-order chi connectivity index (χ0) is 26.7. The normalized spacial score (nSPS) is 19.2. The van der Waals surface area contributed by atoms with E-state index in [1.165, 1.54) is 11.3 Å². The second-order valence-electron chi connectivity index (χ2n) is 9.70. The molecule has 3 aromatic heterocycles. The molecule has 5 N–H and O–H groups in total. The van der Waals surface area contributed by atoms with E-state index in [0.29, 0.717) is 48.3 Å². The van der Waals surface area contributed by atoms with Crippen LogP contribution in [-0.4, -0.2) is 57.9 Å². The topological polar surface area (TPSA) is 155 Å². The van der Waals surface area contributed by atoms with Crippen molar-refractivity contribution < 1.29 is 19.1 Å². The second-order valence-corrected chi connectivity index (χ2v) is 10.6. The zero-order valence-corrected chi connectivity index (χ0v) is 22.0. The van der Waals surface area contributed by atoms with E-state index in [4.69, 9.17) is 9.47 Å². The summed E-state index contributed by atoms with van der Waals surface area (Å²) in [5.74, 6) is 1.04. The summed E-state index contributed by atoms with van der Waals surface area (Å²) in [6.45, 7) is 6.29. The first-order valence-corrected chi connectivity index (χ1v) is 13.0. The first kappa shape index (κ1) is 25.6. The molecule has 0 saturated carbocycles. The summed E-state index contributed by atoms with van der Waals surface area (Å²) in [7, 11) is 0. The van der Waals surface area contributed by atoms with Crippen LogP contribution in [0.3, 0.4) is 0 Å². The number of hydrazine groups is 2. The number of amides is 2. The number of ether oxygens (including phenoxy) is 2. The highest BCUT2D eigenvalue weighted by Crippen LogP contribution is 2.26. The van der Waals surface area contributed by atoms with E-state index in [0.717, 1.165) is 4.70 Å². The molecule has 0 spiro atoms. The molecule has 1 saturated heterocycles. The lowest BCUT2D eigenvalue weighted by Crippen LogP contribution is -2.53. The lowest BCUT2D eigenvalue weighted by molar-refractivity contribution is 0.0317. The van der Waals surface area contributed by atoms with Crippen LogP contribution in [0.2, 0.25) is 0 Å². The number of rotatable bonds is 6. The van der Waals surface area contributed by atoms with Gasteiger partial charge in [0.15, 0.2) is 5.82 Å². The average Bonchev–Trinajstić information content (AvgIpc) is 3.55. The lowest BCUT2D eigenvalue weighted by Gasteiger charge is -2.33. The monoisotopic (exact) mass is 539 g/mol. The molecule has 0 unspecified atom stereocenters. The van der Waals surface area contributed by atoms with Crippen LogP contribution in [0.25, 0.3) is 10.2 Å². The van der Waals surface area contributed by atoms with E-state index >= 15 is 0 Å². The average molecular weight is 540 g/mol. The molecule has 2 atom stereocenters. The van der Waals surface area contributed by atoms with Gasteiger partial charge in [0.25, 0.3) is 5.91 Å². The number of nitrogens with one attached hydrogen (secondary N) is 5. The van der Waals surface area contributed by atoms with Crippen molar-refractivity contribution in [3.63, 3.8) is 0 Å². The highest BCUT2D eigenvalue weighted by molar-refractivity contribution is 7.17. The molecule has 2 aliphatic heterocycles. The molecule has 14 heteroatoms. The van der Waals surface area contributed by atoms with Gasteiger partial charge >= 0.3 is 6.09 Å². The third kappa shape index (κ3) is 6.10. The van der Waals surface area contributed by atoms with Crippen LogP contribution in [0.15, 0.2) is 42.2 Å². The number of carbonyl (C=O) groups is 2. The fourth-order valence-electron chi connectivity index (χ4n) is 3.94. The largest absolute Gasteiger partial charge is 0.444 e. The number of hydrogen-bond donors (Lipinski definition) is 5. The Morgan fingerprint density at radius 1 is 1.24 bits per heavy atom. The van der Waals surface area contributed by atoms with Crippen molar-refractivity contribution in [1.29, 1.82) is 0 Å². The van der Waals surface area contributed by atoms with E-state index in [2.05, 4.69) is 41.9 Å². The van der Waals surface area contributed by atoms with Gasteiger partial charge in [0.05, 0.1) is 40.7 Å². The van der Waals surface area contributed by atoms with Gasteiger partial charge in [-0.05, 0) is 39.3 Å². The minimum Gasteiger partial charge on any atom is -0.444 e. The van der Waals surface area contributed by atoms with E-state index in [9.17, 15) is 9.59 Å². The van der Waals surface area contributed by atoms with Gasteiger partial charge in [-0.25, -0.2) is 24.8 Å². The maximum Gasteiger partial charge on any atom is 0.408 e. The predicted molar refractivity (Wildman–Crippen MR) is 143 cm³/mol. The Kier molecular flexibility index (Phi) is 7.26. The van der Waals surface area contributed by atoms with Gasteiger partial charge in [0.1, 0.15) is 11.4 Å². The highest BCUT2D eigenvalue weighted by Gasteiger charge is 2.30. The number of hydrogen-bond acceptors (Lipinski definition) is 12. The van der Waals surface area contributed by atoms with Crippen LogP contribution in [0.1, 0.15) is 37.6 Å². The van der Waals surface area contributed by atoms with Crippen molar-refractivity contribution in [1.82, 2.24) is 31.2 Å². The van der Waals surface area contributed by atoms with E-state index in [-0.39, 0.29) is 18.0 Å². The number of alkyl carbamates (subject to hydrolysis) is 1. The van der Waals surface area contributed by atoms with Crippen LogP contribution in [0.5, 0.6) is 0 Å². The molecule has 5 heterocycles. The van der Waals surface area contributed by atoms with Crippen LogP contribution < -0.4 is 31.9 Å². The lowest BCUT2D eigenvalue weighted by atomic mass is 10.0. The molecule has 2 amide bonds. The van der Waals surface area contributed by atoms with E-state index in [1.807, 2.05) is 26.8 Å². The Labute approximate surface area is 223 Å². The van der Waals surface area contributed by atoms with Gasteiger partial charge in [0, 0.05) is 24.4 Å². The molecule has 0 aromatic carbocycles. The van der Waals surface area contributed by atoms with E-state index in [1.54, 1.807) is 41.1 Å². The minimum atomic E-state index is -0.608. The number of fused-ring (bicyclic) bond motifs is 1. The molecule has 3 aromatic rings. The number of aromatic nitrogens is 3. The number of anilines is 3. The van der Waals surface area contributed by atoms with Crippen LogP contribution in [0, 0.1) is 0 Å². The summed E-state index contributed by atoms with van der Waals surface area (Å²) in [6, 6.07) is 4.81. The van der Waals surface area contributed by atoms with Crippen LogP contribution >= 0.6 is 11.3 Å². The second kappa shape index (κ2) is 10.8. The highest BCUT2D eigenvalue weighted by atomic mass is 32.1. The van der Waals surface area contributed by atoms with Crippen molar-refractivity contribution in [3.8, 4) is 0 Å². The Hall–Kier alpha value is -4.01. The predicted octanol–water partition coefficient (Wildman–Crippen LogP) is 2.73. The third-order valence-electron chi connectivity index (χ3n) is 5.65. The van der Waals surface area contributed by atoms with Crippen molar-refractivity contribution in [3.05, 3.63) is 47.7 Å². The fourth-order valence-corrected chi connectivity index (χ4v) is 4.78. The number of nitrogens with zero attached hydrogens (tertiary/aromatic N) is 4. The molecule has 200 valence electrons. The number of carbonyl (C=O) groups excluding carboxylic acids is 2. The Balaban J connectivity index is 1.29. The van der Waals surface area contributed by atoms with Gasteiger partial charge in [-0.15, -0.1) is 16.9 Å². The first-order chi connectivity index (χ1) is 18.2. The van der Waals surface area contributed by atoms with Gasteiger partial charge < -0.3 is 30.8 Å². The van der Waals surface area contributed by atoms with Gasteiger partial charge in [0.2, 0.25) is 5.95 Å². The Morgan fingerprint density at radius 3 is 2.89 bits per heavy atom. The Morgan fingerprint density at radius 2 is 2.11 bits per heavy atom. The summed E-state index contributed by atoms with van der Waals surface area (Å²) >= 11 is 1.38. The van der Waals surface area contributed by atoms with Crippen molar-refractivity contribution in [2.75, 3.05) is 28.9 Å².